The number of carbonyl (C=O) groups excluding carboxylic acids is 3. The van der Waals surface area contributed by atoms with Gasteiger partial charge in [0.2, 0.25) is 11.9 Å². The van der Waals surface area contributed by atoms with Gasteiger partial charge in [-0.25, -0.2) is 4.79 Å². The molecule has 0 radical (unpaired) electrons. The molecule has 3 fully saturated rings. The molecule has 2 saturated heterocycles. The summed E-state index contributed by atoms with van der Waals surface area (Å²) >= 11 is 1.20. The Bertz CT molecular complexity index is 1120. The van der Waals surface area contributed by atoms with Crippen molar-refractivity contribution in [3.8, 4) is 5.69 Å². The first-order chi connectivity index (χ1) is 17.0. The number of ether oxygens (including phenoxy) is 1. The molecule has 5 rings (SSSR count). The summed E-state index contributed by atoms with van der Waals surface area (Å²) in [6.45, 7) is 4.63. The van der Waals surface area contributed by atoms with Gasteiger partial charge < -0.3 is 15.0 Å². The summed E-state index contributed by atoms with van der Waals surface area (Å²) in [4.78, 5) is 40.2. The first-order valence-electron chi connectivity index (χ1n) is 11.9. The molecule has 12 heteroatoms. The number of morpholine rings is 1. The minimum Gasteiger partial charge on any atom is -0.378 e. The van der Waals surface area contributed by atoms with E-state index < -0.39 is 17.5 Å². The predicted molar refractivity (Wildman–Crippen MR) is 129 cm³/mol. The highest BCUT2D eigenvalue weighted by Crippen LogP contribution is 2.33. The molecule has 1 aliphatic carbocycles. The van der Waals surface area contributed by atoms with E-state index in [0.717, 1.165) is 35.5 Å². The number of hydrazine groups is 1. The number of hydrogen-bond donors (Lipinski definition) is 2. The minimum atomic E-state index is -0.881. The zero-order valence-corrected chi connectivity index (χ0v) is 20.5. The number of aryl methyl sites for hydroxylation is 1. The smallest absolute Gasteiger partial charge is 0.344 e. The molecule has 2 aromatic rings. The number of anilines is 1. The summed E-state index contributed by atoms with van der Waals surface area (Å²) in [5.74, 6) is -0.178. The van der Waals surface area contributed by atoms with E-state index in [1.54, 1.807) is 0 Å². The van der Waals surface area contributed by atoms with E-state index in [9.17, 15) is 14.4 Å². The third-order valence-corrected chi connectivity index (χ3v) is 7.54. The second kappa shape index (κ2) is 9.86. The van der Waals surface area contributed by atoms with Crippen molar-refractivity contribution >= 4 is 35.6 Å². The zero-order valence-electron chi connectivity index (χ0n) is 19.7. The van der Waals surface area contributed by atoms with Gasteiger partial charge in [0, 0.05) is 13.1 Å². The number of imide groups is 1. The van der Waals surface area contributed by atoms with Crippen LogP contribution in [0.3, 0.4) is 0 Å². The summed E-state index contributed by atoms with van der Waals surface area (Å²) in [5, 5.41) is 12.9. The highest BCUT2D eigenvalue weighted by Gasteiger charge is 2.52. The Balaban J connectivity index is 1.30. The summed E-state index contributed by atoms with van der Waals surface area (Å²) < 4.78 is 7.40. The average molecular weight is 500 g/mol. The number of benzene rings is 1. The molecule has 3 aliphatic rings. The van der Waals surface area contributed by atoms with Crippen molar-refractivity contribution in [2.75, 3.05) is 37.0 Å². The maximum absolute atomic E-state index is 12.9. The molecule has 0 bridgehead atoms. The molecule has 2 N–H and O–H groups in total. The van der Waals surface area contributed by atoms with Gasteiger partial charge in [-0.05, 0) is 37.5 Å². The van der Waals surface area contributed by atoms with Crippen LogP contribution in [0.5, 0.6) is 0 Å². The van der Waals surface area contributed by atoms with E-state index in [1.807, 2.05) is 35.8 Å². The maximum Gasteiger partial charge on any atom is 0.344 e. The summed E-state index contributed by atoms with van der Waals surface area (Å²) in [6, 6.07) is 7.41. The maximum atomic E-state index is 12.9. The van der Waals surface area contributed by atoms with Gasteiger partial charge in [0.15, 0.2) is 5.16 Å². The summed E-state index contributed by atoms with van der Waals surface area (Å²) in [6.07, 6.45) is 4.00. The molecule has 186 valence electrons. The lowest BCUT2D eigenvalue weighted by Gasteiger charge is -2.30. The van der Waals surface area contributed by atoms with Crippen LogP contribution in [0.15, 0.2) is 29.4 Å². The van der Waals surface area contributed by atoms with E-state index in [-0.39, 0.29) is 11.7 Å². The number of thioether (sulfide) groups is 1. The van der Waals surface area contributed by atoms with E-state index >= 15 is 0 Å². The van der Waals surface area contributed by atoms with Crippen LogP contribution in [0.4, 0.5) is 10.7 Å². The molecule has 3 heterocycles. The van der Waals surface area contributed by atoms with Gasteiger partial charge in [-0.15, -0.1) is 10.2 Å². The first kappa shape index (κ1) is 23.6. The molecular formula is C23H29N7O4S. The van der Waals surface area contributed by atoms with Crippen molar-refractivity contribution in [1.82, 2.24) is 30.5 Å². The molecular weight excluding hydrogens is 470 g/mol. The van der Waals surface area contributed by atoms with E-state index in [1.165, 1.54) is 11.8 Å². The Morgan fingerprint density at radius 2 is 1.94 bits per heavy atom. The molecule has 35 heavy (non-hydrogen) atoms. The van der Waals surface area contributed by atoms with Crippen LogP contribution >= 0.6 is 11.8 Å². The van der Waals surface area contributed by atoms with Gasteiger partial charge in [-0.2, -0.15) is 5.01 Å². The van der Waals surface area contributed by atoms with Crippen molar-refractivity contribution in [1.29, 1.82) is 0 Å². The first-order valence-corrected chi connectivity index (χ1v) is 12.9. The topological polar surface area (TPSA) is 122 Å². The van der Waals surface area contributed by atoms with Crippen LogP contribution in [0, 0.1) is 6.92 Å². The molecule has 1 aromatic heterocycles. The largest absolute Gasteiger partial charge is 0.378 e. The molecule has 0 unspecified atom stereocenters. The van der Waals surface area contributed by atoms with Crippen molar-refractivity contribution in [2.24, 2.45) is 0 Å². The second-order valence-corrected chi connectivity index (χ2v) is 10.0. The number of urea groups is 1. The number of nitrogens with one attached hydrogen (secondary N) is 2. The second-order valence-electron chi connectivity index (χ2n) is 9.09. The number of rotatable bonds is 6. The van der Waals surface area contributed by atoms with Crippen LogP contribution in [0.2, 0.25) is 0 Å². The number of aromatic nitrogens is 3. The highest BCUT2D eigenvalue weighted by molar-refractivity contribution is 7.99. The van der Waals surface area contributed by atoms with Crippen molar-refractivity contribution in [2.45, 2.75) is 49.7 Å². The Labute approximate surface area is 207 Å². The third kappa shape index (κ3) is 4.72. The molecule has 2 aliphatic heterocycles. The Morgan fingerprint density at radius 3 is 2.69 bits per heavy atom. The van der Waals surface area contributed by atoms with Crippen molar-refractivity contribution < 1.29 is 19.1 Å². The molecule has 1 aromatic carbocycles. The lowest BCUT2D eigenvalue weighted by Crippen LogP contribution is -2.51. The quantitative estimate of drug-likeness (QED) is 0.456. The predicted octanol–water partition coefficient (Wildman–Crippen LogP) is 1.79. The average Bonchev–Trinajstić information content (AvgIpc) is 3.39. The Kier molecular flexibility index (Phi) is 6.65. The van der Waals surface area contributed by atoms with E-state index in [4.69, 9.17) is 4.74 Å². The highest BCUT2D eigenvalue weighted by atomic mass is 32.2. The van der Waals surface area contributed by atoms with Crippen molar-refractivity contribution in [3.63, 3.8) is 0 Å². The summed E-state index contributed by atoms with van der Waals surface area (Å²) in [7, 11) is 0. The molecule has 1 saturated carbocycles. The van der Waals surface area contributed by atoms with E-state index in [0.29, 0.717) is 50.2 Å². The lowest BCUT2D eigenvalue weighted by molar-refractivity contribution is -0.139. The number of amides is 4. The van der Waals surface area contributed by atoms with Gasteiger partial charge in [0.05, 0.1) is 24.7 Å². The van der Waals surface area contributed by atoms with E-state index in [2.05, 4.69) is 25.8 Å². The van der Waals surface area contributed by atoms with Crippen LogP contribution in [-0.4, -0.2) is 75.2 Å². The molecule has 1 spiro atoms. The van der Waals surface area contributed by atoms with Gasteiger partial charge in [-0.3, -0.25) is 19.6 Å². The number of nitrogens with zero attached hydrogens (tertiary/aromatic N) is 5. The SMILES string of the molecule is Cc1cccc(-n2c(SCC(=O)NN3C(=O)NC4(CCCCC4)C3=O)nnc2N2CCOCC2)c1. The molecule has 11 nitrogen and oxygen atoms in total. The van der Waals surface area contributed by atoms with Gasteiger partial charge in [0.1, 0.15) is 5.54 Å². The Hall–Kier alpha value is -3.12. The zero-order chi connectivity index (χ0) is 24.4. The van der Waals surface area contributed by atoms with Crippen LogP contribution < -0.4 is 15.6 Å². The fraction of sp³-hybridized carbons (Fsp3) is 0.522. The third-order valence-electron chi connectivity index (χ3n) is 6.61. The van der Waals surface area contributed by atoms with Crippen LogP contribution in [0.1, 0.15) is 37.7 Å². The van der Waals surface area contributed by atoms with Crippen molar-refractivity contribution in [3.05, 3.63) is 29.8 Å². The van der Waals surface area contributed by atoms with Crippen LogP contribution in [0.25, 0.3) is 5.69 Å². The fourth-order valence-corrected chi connectivity index (χ4v) is 5.56. The summed E-state index contributed by atoms with van der Waals surface area (Å²) in [5.41, 5.74) is 3.59. The normalized spacial score (nSPS) is 19.8. The molecule has 0 atom stereocenters. The lowest BCUT2D eigenvalue weighted by atomic mass is 9.82. The standard InChI is InChI=1S/C23H29N7O4S/c1-16-6-5-7-17(14-16)29-20(28-10-12-34-13-11-28)25-26-22(29)35-15-18(31)27-30-19(32)23(24-21(30)33)8-3-2-4-9-23/h5-7,14H,2-4,8-13,15H2,1H3,(H,24,33)(H,27,31). The van der Waals surface area contributed by atoms with Gasteiger partial charge in [0.25, 0.3) is 5.91 Å². The Morgan fingerprint density at radius 1 is 1.17 bits per heavy atom. The van der Waals surface area contributed by atoms with Crippen LogP contribution in [-0.2, 0) is 14.3 Å². The minimum absolute atomic E-state index is 0.0306. The number of carbonyl (C=O) groups is 3. The number of hydrogen-bond acceptors (Lipinski definition) is 8. The molecule has 4 amide bonds. The van der Waals surface area contributed by atoms with Gasteiger partial charge >= 0.3 is 6.03 Å². The van der Waals surface area contributed by atoms with Gasteiger partial charge in [-0.1, -0.05) is 43.2 Å². The monoisotopic (exact) mass is 499 g/mol. The fourth-order valence-electron chi connectivity index (χ4n) is 4.82.